The highest BCUT2D eigenvalue weighted by Crippen LogP contribution is 2.19. The van der Waals surface area contributed by atoms with Crippen molar-refractivity contribution in [3.05, 3.63) is 53.4 Å². The Morgan fingerprint density at radius 3 is 2.52 bits per heavy atom. The number of carbonyl (C=O) groups excluding carboxylic acids is 1. The predicted molar refractivity (Wildman–Crippen MR) is 86.4 cm³/mol. The van der Waals surface area contributed by atoms with E-state index in [4.69, 9.17) is 4.52 Å². The number of rotatable bonds is 6. The number of aryl methyl sites for hydroxylation is 1. The summed E-state index contributed by atoms with van der Waals surface area (Å²) < 4.78 is 29.2. The molecule has 0 unspecified atom stereocenters. The van der Waals surface area contributed by atoms with Gasteiger partial charge in [-0.25, -0.2) is 8.42 Å². The van der Waals surface area contributed by atoms with E-state index in [1.165, 1.54) is 4.90 Å². The molecule has 1 amide bonds. The van der Waals surface area contributed by atoms with Gasteiger partial charge < -0.3 is 9.42 Å². The molecule has 124 valence electrons. The smallest absolute Gasteiger partial charge is 0.238 e. The lowest BCUT2D eigenvalue weighted by Gasteiger charge is -2.25. The SMILES string of the molecule is Cc1cc(CS(=O)(=O)CC(=O)N(C)[C@H](C)c2ccccc2)no1. The Morgan fingerprint density at radius 1 is 1.30 bits per heavy atom. The molecule has 0 spiro atoms. The first-order chi connectivity index (χ1) is 10.8. The summed E-state index contributed by atoms with van der Waals surface area (Å²) in [7, 11) is -1.99. The second-order valence-corrected chi connectivity index (χ2v) is 7.62. The van der Waals surface area contributed by atoms with Crippen molar-refractivity contribution in [1.82, 2.24) is 10.1 Å². The van der Waals surface area contributed by atoms with Gasteiger partial charge in [-0.3, -0.25) is 4.79 Å². The third kappa shape index (κ3) is 4.66. The maximum absolute atomic E-state index is 12.3. The Balaban J connectivity index is 2.02. The van der Waals surface area contributed by atoms with E-state index < -0.39 is 21.5 Å². The molecule has 2 rings (SSSR count). The largest absolute Gasteiger partial charge is 0.361 e. The van der Waals surface area contributed by atoms with E-state index >= 15 is 0 Å². The van der Waals surface area contributed by atoms with Crippen molar-refractivity contribution < 1.29 is 17.7 Å². The monoisotopic (exact) mass is 336 g/mol. The minimum absolute atomic E-state index is 0.201. The molecule has 1 heterocycles. The highest BCUT2D eigenvalue weighted by atomic mass is 32.2. The molecule has 0 saturated carbocycles. The Bertz CT molecular complexity index is 768. The molecule has 0 radical (unpaired) electrons. The van der Waals surface area contributed by atoms with E-state index in [-0.39, 0.29) is 11.8 Å². The standard InChI is InChI=1S/C16H20N2O4S/c1-12-9-15(17-22-12)10-23(20,21)11-16(19)18(3)13(2)14-7-5-4-6-8-14/h4-9,13H,10-11H2,1-3H3/t13-/m1/s1. The fraction of sp³-hybridized carbons (Fsp3) is 0.375. The van der Waals surface area contributed by atoms with E-state index in [9.17, 15) is 13.2 Å². The molecule has 0 aliphatic heterocycles. The Labute approximate surface area is 136 Å². The number of aromatic nitrogens is 1. The van der Waals surface area contributed by atoms with Crippen molar-refractivity contribution in [3.63, 3.8) is 0 Å². The molecule has 2 aromatic rings. The van der Waals surface area contributed by atoms with Gasteiger partial charge >= 0.3 is 0 Å². The molecule has 0 saturated heterocycles. The van der Waals surface area contributed by atoms with Crippen molar-refractivity contribution in [1.29, 1.82) is 0 Å². The third-order valence-electron chi connectivity index (χ3n) is 3.64. The molecule has 1 aromatic heterocycles. The molecule has 0 bridgehead atoms. The minimum Gasteiger partial charge on any atom is -0.361 e. The van der Waals surface area contributed by atoms with Crippen LogP contribution >= 0.6 is 0 Å². The highest BCUT2D eigenvalue weighted by molar-refractivity contribution is 7.91. The van der Waals surface area contributed by atoms with Crippen LogP contribution in [0.1, 0.15) is 30.0 Å². The summed E-state index contributed by atoms with van der Waals surface area (Å²) in [6.45, 7) is 3.55. The summed E-state index contributed by atoms with van der Waals surface area (Å²) in [4.78, 5) is 13.7. The van der Waals surface area contributed by atoms with Gasteiger partial charge in [0.1, 0.15) is 11.5 Å². The fourth-order valence-electron chi connectivity index (χ4n) is 2.22. The van der Waals surface area contributed by atoms with Gasteiger partial charge in [0.05, 0.1) is 17.5 Å². The second-order valence-electron chi connectivity index (χ2n) is 5.55. The van der Waals surface area contributed by atoms with Gasteiger partial charge in [0.25, 0.3) is 0 Å². The first-order valence-electron chi connectivity index (χ1n) is 7.22. The molecular formula is C16H20N2O4S. The van der Waals surface area contributed by atoms with E-state index in [1.807, 2.05) is 37.3 Å². The molecule has 0 N–H and O–H groups in total. The van der Waals surface area contributed by atoms with Crippen LogP contribution in [0.4, 0.5) is 0 Å². The van der Waals surface area contributed by atoms with E-state index in [0.29, 0.717) is 11.5 Å². The molecular weight excluding hydrogens is 316 g/mol. The molecule has 1 aromatic carbocycles. The van der Waals surface area contributed by atoms with Crippen LogP contribution in [-0.2, 0) is 20.4 Å². The maximum Gasteiger partial charge on any atom is 0.238 e. The quantitative estimate of drug-likeness (QED) is 0.807. The van der Waals surface area contributed by atoms with Crippen LogP contribution < -0.4 is 0 Å². The Morgan fingerprint density at radius 2 is 1.96 bits per heavy atom. The molecule has 0 aliphatic rings. The molecule has 6 nitrogen and oxygen atoms in total. The van der Waals surface area contributed by atoms with Crippen LogP contribution in [0.2, 0.25) is 0 Å². The number of carbonyl (C=O) groups is 1. The van der Waals surface area contributed by atoms with Gasteiger partial charge in [0, 0.05) is 13.1 Å². The summed E-state index contributed by atoms with van der Waals surface area (Å²) in [5.41, 5.74) is 1.27. The van der Waals surface area contributed by atoms with Crippen LogP contribution in [0.25, 0.3) is 0 Å². The van der Waals surface area contributed by atoms with Gasteiger partial charge in [-0.1, -0.05) is 35.5 Å². The Kier molecular flexibility index (Phi) is 5.20. The highest BCUT2D eigenvalue weighted by Gasteiger charge is 2.24. The summed E-state index contributed by atoms with van der Waals surface area (Å²) >= 11 is 0. The number of nitrogens with zero attached hydrogens (tertiary/aromatic N) is 2. The van der Waals surface area contributed by atoms with Crippen molar-refractivity contribution in [3.8, 4) is 0 Å². The minimum atomic E-state index is -3.59. The van der Waals surface area contributed by atoms with Gasteiger partial charge in [-0.05, 0) is 19.4 Å². The zero-order chi connectivity index (χ0) is 17.0. The van der Waals surface area contributed by atoms with Crippen LogP contribution in [-0.4, -0.2) is 37.2 Å². The summed E-state index contributed by atoms with van der Waals surface area (Å²) in [6, 6.07) is 10.8. The van der Waals surface area contributed by atoms with Crippen LogP contribution in [0.15, 0.2) is 40.9 Å². The lowest BCUT2D eigenvalue weighted by atomic mass is 10.1. The molecule has 0 aliphatic carbocycles. The van der Waals surface area contributed by atoms with Gasteiger partial charge in [-0.2, -0.15) is 0 Å². The summed E-state index contributed by atoms with van der Waals surface area (Å²) in [5.74, 6) is -0.756. The van der Waals surface area contributed by atoms with Crippen molar-refractivity contribution in [2.75, 3.05) is 12.8 Å². The number of hydrogen-bond donors (Lipinski definition) is 0. The van der Waals surface area contributed by atoms with Gasteiger partial charge in [0.2, 0.25) is 5.91 Å². The lowest BCUT2D eigenvalue weighted by Crippen LogP contribution is -2.34. The van der Waals surface area contributed by atoms with Crippen LogP contribution in [0, 0.1) is 6.92 Å². The molecule has 7 heteroatoms. The number of amides is 1. The molecule has 23 heavy (non-hydrogen) atoms. The van der Waals surface area contributed by atoms with Crippen LogP contribution in [0.5, 0.6) is 0 Å². The first-order valence-corrected chi connectivity index (χ1v) is 9.04. The van der Waals surface area contributed by atoms with Crippen molar-refractivity contribution in [2.24, 2.45) is 0 Å². The number of benzene rings is 1. The zero-order valence-corrected chi connectivity index (χ0v) is 14.2. The topological polar surface area (TPSA) is 80.5 Å². The lowest BCUT2D eigenvalue weighted by molar-refractivity contribution is -0.129. The van der Waals surface area contributed by atoms with Crippen molar-refractivity contribution in [2.45, 2.75) is 25.6 Å². The average molecular weight is 336 g/mol. The number of sulfone groups is 1. The third-order valence-corrected chi connectivity index (χ3v) is 5.07. The van der Waals surface area contributed by atoms with Crippen LogP contribution in [0.3, 0.4) is 0 Å². The van der Waals surface area contributed by atoms with Crippen molar-refractivity contribution >= 4 is 15.7 Å². The van der Waals surface area contributed by atoms with Gasteiger partial charge in [-0.15, -0.1) is 0 Å². The van der Waals surface area contributed by atoms with E-state index in [2.05, 4.69) is 5.16 Å². The normalized spacial score (nSPS) is 12.8. The molecule has 0 fully saturated rings. The molecule has 1 atom stereocenters. The second kappa shape index (κ2) is 6.95. The first kappa shape index (κ1) is 17.2. The van der Waals surface area contributed by atoms with E-state index in [1.54, 1.807) is 20.0 Å². The maximum atomic E-state index is 12.3. The summed E-state index contributed by atoms with van der Waals surface area (Å²) in [6.07, 6.45) is 0. The average Bonchev–Trinajstić information content (AvgIpc) is 2.90. The zero-order valence-electron chi connectivity index (χ0n) is 13.4. The van der Waals surface area contributed by atoms with E-state index in [0.717, 1.165) is 5.56 Å². The number of hydrogen-bond acceptors (Lipinski definition) is 5. The fourth-order valence-corrected chi connectivity index (χ4v) is 3.49. The Hall–Kier alpha value is -2.15. The predicted octanol–water partition coefficient (Wildman–Crippen LogP) is 2.12. The summed E-state index contributed by atoms with van der Waals surface area (Å²) in [5, 5.41) is 3.66. The van der Waals surface area contributed by atoms with Gasteiger partial charge in [0.15, 0.2) is 9.84 Å².